The number of carbonyl (C=O) groups is 1. The lowest BCUT2D eigenvalue weighted by molar-refractivity contribution is 0.0945. The average molecular weight is 362 g/mol. The van der Waals surface area contributed by atoms with Crippen molar-refractivity contribution in [2.24, 2.45) is 0 Å². The fraction of sp³-hybridized carbons (Fsp3) is 0.278. The highest BCUT2D eigenvalue weighted by Gasteiger charge is 2.20. The molecule has 0 unspecified atom stereocenters. The molecule has 24 heavy (non-hydrogen) atoms. The number of fused-ring (bicyclic) bond motifs is 1. The molecule has 0 aliphatic rings. The molecule has 1 aromatic carbocycles. The van der Waals surface area contributed by atoms with E-state index >= 15 is 0 Å². The van der Waals surface area contributed by atoms with Gasteiger partial charge in [-0.3, -0.25) is 4.79 Å². The van der Waals surface area contributed by atoms with Crippen LogP contribution in [0.1, 0.15) is 26.8 Å². The van der Waals surface area contributed by atoms with Crippen LogP contribution in [0, 0.1) is 12.7 Å². The lowest BCUT2D eigenvalue weighted by Gasteiger charge is -2.23. The summed E-state index contributed by atoms with van der Waals surface area (Å²) in [6.07, 6.45) is 0. The summed E-state index contributed by atoms with van der Waals surface area (Å²) in [6, 6.07) is 7.14. The van der Waals surface area contributed by atoms with Gasteiger partial charge in [-0.25, -0.2) is 4.39 Å². The number of nitrogens with zero attached hydrogens (tertiary/aromatic N) is 1. The van der Waals surface area contributed by atoms with Crippen molar-refractivity contribution in [2.45, 2.75) is 13.0 Å². The van der Waals surface area contributed by atoms with Crippen LogP contribution in [0.3, 0.4) is 0 Å². The SMILES string of the molecule is Cc1c(C(=O)NC[C@@H](c2ccsc2)N(C)C)sc2cccc(F)c12. The molecule has 2 aromatic heterocycles. The van der Waals surface area contributed by atoms with E-state index in [9.17, 15) is 9.18 Å². The molecule has 0 radical (unpaired) electrons. The zero-order valence-corrected chi connectivity index (χ0v) is 15.4. The van der Waals surface area contributed by atoms with Crippen LogP contribution in [0.25, 0.3) is 10.1 Å². The van der Waals surface area contributed by atoms with Gasteiger partial charge in [0.2, 0.25) is 0 Å². The third-order valence-corrected chi connectivity index (χ3v) is 6.07. The van der Waals surface area contributed by atoms with Crippen molar-refractivity contribution in [1.82, 2.24) is 10.2 Å². The summed E-state index contributed by atoms with van der Waals surface area (Å²) in [6.45, 7) is 2.32. The first-order chi connectivity index (χ1) is 11.5. The summed E-state index contributed by atoms with van der Waals surface area (Å²) in [4.78, 5) is 15.3. The Bertz CT molecular complexity index is 855. The highest BCUT2D eigenvalue weighted by Crippen LogP contribution is 2.32. The molecule has 0 aliphatic carbocycles. The van der Waals surface area contributed by atoms with E-state index in [0.717, 1.165) is 4.70 Å². The van der Waals surface area contributed by atoms with Gasteiger partial charge in [-0.15, -0.1) is 11.3 Å². The standard InChI is InChI=1S/C18H19FN2OS2/c1-11-16-13(19)5-4-6-15(16)24-17(11)18(22)20-9-14(21(2)3)12-7-8-23-10-12/h4-8,10,14H,9H2,1-3H3,(H,20,22)/t14-/m0/s1. The highest BCUT2D eigenvalue weighted by molar-refractivity contribution is 7.21. The molecule has 0 saturated heterocycles. The van der Waals surface area contributed by atoms with E-state index in [1.54, 1.807) is 24.3 Å². The molecule has 126 valence electrons. The number of amides is 1. The van der Waals surface area contributed by atoms with Crippen molar-refractivity contribution in [3.05, 3.63) is 56.8 Å². The number of nitrogens with one attached hydrogen (secondary N) is 1. The van der Waals surface area contributed by atoms with Crippen molar-refractivity contribution in [3.8, 4) is 0 Å². The first-order valence-electron chi connectivity index (χ1n) is 7.63. The highest BCUT2D eigenvalue weighted by atomic mass is 32.1. The second kappa shape index (κ2) is 7.01. The molecule has 0 spiro atoms. The van der Waals surface area contributed by atoms with Gasteiger partial charge < -0.3 is 10.2 Å². The summed E-state index contributed by atoms with van der Waals surface area (Å²) in [5.74, 6) is -0.417. The third-order valence-electron chi connectivity index (χ3n) is 4.12. The Labute approximate surface area is 148 Å². The Balaban J connectivity index is 1.80. The number of likely N-dealkylation sites (N-methyl/N-ethyl adjacent to an activating group) is 1. The van der Waals surface area contributed by atoms with Crippen LogP contribution in [0.4, 0.5) is 4.39 Å². The molecule has 3 aromatic rings. The van der Waals surface area contributed by atoms with Gasteiger partial charge in [-0.1, -0.05) is 6.07 Å². The zero-order valence-electron chi connectivity index (χ0n) is 13.8. The minimum atomic E-state index is -0.273. The van der Waals surface area contributed by atoms with E-state index in [4.69, 9.17) is 0 Å². The second-order valence-corrected chi connectivity index (χ2v) is 7.75. The van der Waals surface area contributed by atoms with Crippen LogP contribution in [0.5, 0.6) is 0 Å². The largest absolute Gasteiger partial charge is 0.349 e. The van der Waals surface area contributed by atoms with Crippen LogP contribution in [0.2, 0.25) is 0 Å². The molecule has 1 atom stereocenters. The fourth-order valence-corrected chi connectivity index (χ4v) is 4.65. The summed E-state index contributed by atoms with van der Waals surface area (Å²) < 4.78 is 14.8. The topological polar surface area (TPSA) is 32.3 Å². The summed E-state index contributed by atoms with van der Waals surface area (Å²) >= 11 is 2.98. The lowest BCUT2D eigenvalue weighted by Crippen LogP contribution is -2.34. The number of hydrogen-bond donors (Lipinski definition) is 1. The number of hydrogen-bond acceptors (Lipinski definition) is 4. The molecule has 3 nitrogen and oxygen atoms in total. The maximum atomic E-state index is 14.0. The predicted molar refractivity (Wildman–Crippen MR) is 99.6 cm³/mol. The summed E-state index contributed by atoms with van der Waals surface area (Å²) in [7, 11) is 3.99. The monoisotopic (exact) mass is 362 g/mol. The van der Waals surface area contributed by atoms with Crippen molar-refractivity contribution in [3.63, 3.8) is 0 Å². The van der Waals surface area contributed by atoms with Gasteiger partial charge in [-0.2, -0.15) is 11.3 Å². The summed E-state index contributed by atoms with van der Waals surface area (Å²) in [5.41, 5.74) is 1.90. The minimum absolute atomic E-state index is 0.117. The molecule has 3 rings (SSSR count). The van der Waals surface area contributed by atoms with Crippen molar-refractivity contribution >= 4 is 38.7 Å². The van der Waals surface area contributed by atoms with Gasteiger partial charge in [0.1, 0.15) is 5.82 Å². The van der Waals surface area contributed by atoms with E-state index in [-0.39, 0.29) is 17.8 Å². The van der Waals surface area contributed by atoms with Crippen LogP contribution in [-0.4, -0.2) is 31.4 Å². The maximum absolute atomic E-state index is 14.0. The minimum Gasteiger partial charge on any atom is -0.349 e. The van der Waals surface area contributed by atoms with Gasteiger partial charge >= 0.3 is 0 Å². The van der Waals surface area contributed by atoms with Crippen molar-refractivity contribution in [2.75, 3.05) is 20.6 Å². The van der Waals surface area contributed by atoms with Crippen LogP contribution < -0.4 is 5.32 Å². The lowest BCUT2D eigenvalue weighted by atomic mass is 10.1. The molecule has 6 heteroatoms. The van der Waals surface area contributed by atoms with Crippen LogP contribution in [-0.2, 0) is 0 Å². The molecular weight excluding hydrogens is 343 g/mol. The molecule has 1 N–H and O–H groups in total. The number of thiophene rings is 2. The molecule has 2 heterocycles. The number of halogens is 1. The van der Waals surface area contributed by atoms with Crippen molar-refractivity contribution in [1.29, 1.82) is 0 Å². The predicted octanol–water partition coefficient (Wildman–Crippen LogP) is 4.44. The van der Waals surface area contributed by atoms with E-state index in [1.165, 1.54) is 23.0 Å². The normalized spacial score (nSPS) is 12.7. The number of carbonyl (C=O) groups excluding carboxylic acids is 1. The Morgan fingerprint density at radius 2 is 2.12 bits per heavy atom. The third kappa shape index (κ3) is 3.22. The van der Waals surface area contributed by atoms with Gasteiger partial charge in [-0.05, 0) is 61.1 Å². The van der Waals surface area contributed by atoms with Gasteiger partial charge in [0.25, 0.3) is 5.91 Å². The Hall–Kier alpha value is -1.76. The number of benzene rings is 1. The first-order valence-corrected chi connectivity index (χ1v) is 9.39. The molecule has 0 fully saturated rings. The van der Waals surface area contributed by atoms with E-state index in [2.05, 4.69) is 21.7 Å². The Kier molecular flexibility index (Phi) is 4.99. The zero-order chi connectivity index (χ0) is 17.3. The van der Waals surface area contributed by atoms with Gasteiger partial charge in [0.15, 0.2) is 0 Å². The van der Waals surface area contributed by atoms with Gasteiger partial charge in [0.05, 0.1) is 10.9 Å². The molecule has 1 amide bonds. The molecular formula is C18H19FN2OS2. The van der Waals surface area contributed by atoms with E-state index in [0.29, 0.717) is 22.4 Å². The Morgan fingerprint density at radius 1 is 1.33 bits per heavy atom. The molecule has 0 aliphatic heterocycles. The Morgan fingerprint density at radius 3 is 2.75 bits per heavy atom. The maximum Gasteiger partial charge on any atom is 0.261 e. The van der Waals surface area contributed by atoms with Gasteiger partial charge in [0, 0.05) is 16.6 Å². The van der Waals surface area contributed by atoms with Crippen molar-refractivity contribution < 1.29 is 9.18 Å². The van der Waals surface area contributed by atoms with E-state index in [1.807, 2.05) is 25.5 Å². The average Bonchev–Trinajstić information content (AvgIpc) is 3.16. The number of aryl methyl sites for hydroxylation is 1. The van der Waals surface area contributed by atoms with Crippen LogP contribution >= 0.6 is 22.7 Å². The smallest absolute Gasteiger partial charge is 0.261 e. The first kappa shape index (κ1) is 17.1. The summed E-state index contributed by atoms with van der Waals surface area (Å²) in [5, 5.41) is 7.68. The van der Waals surface area contributed by atoms with E-state index < -0.39 is 0 Å². The number of rotatable bonds is 5. The fourth-order valence-electron chi connectivity index (χ4n) is 2.80. The van der Waals surface area contributed by atoms with Crippen LogP contribution in [0.15, 0.2) is 35.0 Å². The molecule has 0 bridgehead atoms. The molecule has 0 saturated carbocycles. The quantitative estimate of drug-likeness (QED) is 0.728. The second-order valence-electron chi connectivity index (χ2n) is 5.92.